The average Bonchev–Trinajstić information content (AvgIpc) is 2.69. The highest BCUT2D eigenvalue weighted by Gasteiger charge is 2.41. The van der Waals surface area contributed by atoms with Crippen molar-refractivity contribution in [2.45, 2.75) is 18.4 Å². The number of ether oxygens (including phenoxy) is 1. The lowest BCUT2D eigenvalue weighted by atomic mass is 9.90. The van der Waals surface area contributed by atoms with Gasteiger partial charge in [0.1, 0.15) is 23.2 Å². The number of hydrogen-bond acceptors (Lipinski definition) is 7. The summed E-state index contributed by atoms with van der Waals surface area (Å²) in [5.41, 5.74) is 0.195. The maximum atomic E-state index is 9.09. The molecule has 2 aromatic heterocycles. The van der Waals surface area contributed by atoms with Gasteiger partial charge < -0.3 is 14.5 Å². The van der Waals surface area contributed by atoms with Crippen LogP contribution in [-0.2, 0) is 4.74 Å². The van der Waals surface area contributed by atoms with Crippen molar-refractivity contribution in [1.29, 1.82) is 5.26 Å². The molecule has 2 aliphatic heterocycles. The molecule has 0 aromatic carbocycles. The highest BCUT2D eigenvalue weighted by Crippen LogP contribution is 2.32. The Morgan fingerprint density at radius 1 is 1.08 bits per heavy atom. The fourth-order valence-electron chi connectivity index (χ4n) is 3.67. The quantitative estimate of drug-likeness (QED) is 0.824. The van der Waals surface area contributed by atoms with E-state index in [4.69, 9.17) is 10.00 Å². The fraction of sp³-hybridized carbons (Fsp3) is 0.444. The van der Waals surface area contributed by atoms with Crippen molar-refractivity contribution in [2.24, 2.45) is 0 Å². The third-order valence-corrected chi connectivity index (χ3v) is 4.80. The van der Waals surface area contributed by atoms with Crippen LogP contribution in [0.1, 0.15) is 18.5 Å². The molecule has 25 heavy (non-hydrogen) atoms. The number of morpholine rings is 1. The minimum atomic E-state index is -0.250. The second-order valence-electron chi connectivity index (χ2n) is 6.52. The molecule has 7 heteroatoms. The van der Waals surface area contributed by atoms with Gasteiger partial charge in [0.2, 0.25) is 5.95 Å². The summed E-state index contributed by atoms with van der Waals surface area (Å²) in [7, 11) is 0. The van der Waals surface area contributed by atoms with Crippen molar-refractivity contribution in [3.05, 3.63) is 42.4 Å². The molecule has 0 saturated carbocycles. The summed E-state index contributed by atoms with van der Waals surface area (Å²) in [5, 5.41) is 9.09. The van der Waals surface area contributed by atoms with Gasteiger partial charge in [-0.05, 0) is 31.0 Å². The SMILES string of the molecule is N#Cc1cccc(N2CCC[C@]3(C2)CN(c2ncccn2)CCO3)n1. The number of piperidine rings is 1. The molecule has 2 aliphatic rings. The third-order valence-electron chi connectivity index (χ3n) is 4.80. The molecule has 2 saturated heterocycles. The third kappa shape index (κ3) is 3.26. The topological polar surface area (TPSA) is 78.2 Å². The van der Waals surface area contributed by atoms with Crippen LogP contribution in [0.3, 0.4) is 0 Å². The summed E-state index contributed by atoms with van der Waals surface area (Å²) in [6.07, 6.45) is 5.58. The van der Waals surface area contributed by atoms with Crippen LogP contribution in [0.25, 0.3) is 0 Å². The molecule has 4 heterocycles. The number of rotatable bonds is 2. The average molecular weight is 336 g/mol. The van der Waals surface area contributed by atoms with E-state index >= 15 is 0 Å². The van der Waals surface area contributed by atoms with Crippen LogP contribution in [0.15, 0.2) is 36.7 Å². The monoisotopic (exact) mass is 336 g/mol. The van der Waals surface area contributed by atoms with E-state index < -0.39 is 0 Å². The second-order valence-corrected chi connectivity index (χ2v) is 6.52. The number of nitrogens with zero attached hydrogens (tertiary/aromatic N) is 6. The Hall–Kier alpha value is -2.72. The standard InChI is InChI=1S/C18H20N6O/c19-12-15-4-1-5-16(22-15)23-9-2-6-18(13-23)14-24(10-11-25-18)17-20-7-3-8-21-17/h1,3-5,7-8H,2,6,9-11,13-14H2/t18-/m0/s1. The first kappa shape index (κ1) is 15.8. The Bertz CT molecular complexity index is 773. The van der Waals surface area contributed by atoms with Crippen molar-refractivity contribution < 1.29 is 4.74 Å². The van der Waals surface area contributed by atoms with Crippen LogP contribution >= 0.6 is 0 Å². The Kier molecular flexibility index (Phi) is 4.20. The normalized spacial score (nSPS) is 23.5. The van der Waals surface area contributed by atoms with Crippen LogP contribution in [0, 0.1) is 11.3 Å². The summed E-state index contributed by atoms with van der Waals surface area (Å²) in [6, 6.07) is 9.51. The number of anilines is 2. The summed E-state index contributed by atoms with van der Waals surface area (Å²) in [4.78, 5) is 17.6. The van der Waals surface area contributed by atoms with Gasteiger partial charge in [0.15, 0.2) is 0 Å². The first-order valence-corrected chi connectivity index (χ1v) is 8.56. The molecule has 2 fully saturated rings. The lowest BCUT2D eigenvalue weighted by Gasteiger charge is -2.48. The minimum Gasteiger partial charge on any atom is -0.369 e. The highest BCUT2D eigenvalue weighted by atomic mass is 16.5. The summed E-state index contributed by atoms with van der Waals surface area (Å²) < 4.78 is 6.23. The summed E-state index contributed by atoms with van der Waals surface area (Å²) >= 11 is 0. The molecule has 1 atom stereocenters. The fourth-order valence-corrected chi connectivity index (χ4v) is 3.67. The van der Waals surface area contributed by atoms with Gasteiger partial charge in [0.05, 0.1) is 19.7 Å². The maximum Gasteiger partial charge on any atom is 0.225 e. The Morgan fingerprint density at radius 2 is 1.92 bits per heavy atom. The van der Waals surface area contributed by atoms with Crippen LogP contribution in [0.5, 0.6) is 0 Å². The molecule has 2 aromatic rings. The number of hydrogen-bond donors (Lipinski definition) is 0. The van der Waals surface area contributed by atoms with Gasteiger partial charge in [-0.15, -0.1) is 0 Å². The number of pyridine rings is 1. The van der Waals surface area contributed by atoms with E-state index in [2.05, 4.69) is 30.8 Å². The van der Waals surface area contributed by atoms with Crippen LogP contribution < -0.4 is 9.80 Å². The molecule has 0 unspecified atom stereocenters. The molecule has 0 N–H and O–H groups in total. The molecule has 128 valence electrons. The van der Waals surface area contributed by atoms with E-state index in [1.165, 1.54) is 0 Å². The smallest absolute Gasteiger partial charge is 0.225 e. The Balaban J connectivity index is 1.54. The largest absolute Gasteiger partial charge is 0.369 e. The second kappa shape index (κ2) is 6.65. The van der Waals surface area contributed by atoms with Crippen molar-refractivity contribution in [2.75, 3.05) is 42.6 Å². The van der Waals surface area contributed by atoms with Crippen molar-refractivity contribution in [3.63, 3.8) is 0 Å². The Morgan fingerprint density at radius 3 is 2.76 bits per heavy atom. The van der Waals surface area contributed by atoms with Crippen LogP contribution in [0.2, 0.25) is 0 Å². The van der Waals surface area contributed by atoms with E-state index in [1.807, 2.05) is 18.2 Å². The van der Waals surface area contributed by atoms with E-state index in [9.17, 15) is 0 Å². The zero-order chi connectivity index (χ0) is 17.1. The molecule has 0 amide bonds. The van der Waals surface area contributed by atoms with Crippen molar-refractivity contribution >= 4 is 11.8 Å². The van der Waals surface area contributed by atoms with Crippen molar-refractivity contribution in [1.82, 2.24) is 15.0 Å². The van der Waals surface area contributed by atoms with Gasteiger partial charge in [-0.1, -0.05) is 6.07 Å². The predicted molar refractivity (Wildman–Crippen MR) is 93.3 cm³/mol. The molecule has 4 rings (SSSR count). The number of nitriles is 1. The van der Waals surface area contributed by atoms with Crippen LogP contribution in [0.4, 0.5) is 11.8 Å². The van der Waals surface area contributed by atoms with Crippen molar-refractivity contribution in [3.8, 4) is 6.07 Å². The van der Waals surface area contributed by atoms with E-state index in [0.717, 1.165) is 50.8 Å². The molecule has 0 aliphatic carbocycles. The maximum absolute atomic E-state index is 9.09. The first-order valence-electron chi connectivity index (χ1n) is 8.56. The molecular weight excluding hydrogens is 316 g/mol. The van der Waals surface area contributed by atoms with Gasteiger partial charge in [-0.2, -0.15) is 5.26 Å². The number of aromatic nitrogens is 3. The first-order chi connectivity index (χ1) is 12.3. The molecule has 0 radical (unpaired) electrons. The zero-order valence-corrected chi connectivity index (χ0v) is 14.0. The van der Waals surface area contributed by atoms with E-state index in [-0.39, 0.29) is 5.60 Å². The molecule has 1 spiro atoms. The van der Waals surface area contributed by atoms with E-state index in [1.54, 1.807) is 18.5 Å². The molecule has 7 nitrogen and oxygen atoms in total. The van der Waals surface area contributed by atoms with Gasteiger partial charge >= 0.3 is 0 Å². The Labute approximate surface area is 146 Å². The predicted octanol–water partition coefficient (Wildman–Crippen LogP) is 1.62. The van der Waals surface area contributed by atoms with Gasteiger partial charge in [0, 0.05) is 25.5 Å². The zero-order valence-electron chi connectivity index (χ0n) is 14.0. The molecular formula is C18H20N6O. The minimum absolute atomic E-state index is 0.250. The summed E-state index contributed by atoms with van der Waals surface area (Å²) in [6.45, 7) is 3.92. The van der Waals surface area contributed by atoms with Gasteiger partial charge in [-0.25, -0.2) is 15.0 Å². The lowest BCUT2D eigenvalue weighted by molar-refractivity contribution is -0.0633. The summed E-state index contributed by atoms with van der Waals surface area (Å²) in [5.74, 6) is 1.60. The van der Waals surface area contributed by atoms with Crippen LogP contribution in [-0.4, -0.2) is 53.3 Å². The van der Waals surface area contributed by atoms with Gasteiger partial charge in [0.25, 0.3) is 0 Å². The molecule has 0 bridgehead atoms. The van der Waals surface area contributed by atoms with E-state index in [0.29, 0.717) is 12.3 Å². The van der Waals surface area contributed by atoms with Gasteiger partial charge in [-0.3, -0.25) is 0 Å². The lowest BCUT2D eigenvalue weighted by Crippen LogP contribution is -2.60. The highest BCUT2D eigenvalue weighted by molar-refractivity contribution is 5.43.